The molecular weight excluding hydrogens is 432 g/mol. The molecule has 2 N–H and O–H groups in total. The zero-order valence-electron chi connectivity index (χ0n) is 19.4. The SMILES string of the molecule is CCC(C)C(NC(=O)OCC1c2ccccc2-c2ccccc21)C(=O)N1CC2CC1C2C(=O)O. The fourth-order valence-corrected chi connectivity index (χ4v) is 5.87. The minimum Gasteiger partial charge on any atom is -0.481 e. The minimum atomic E-state index is -0.846. The largest absolute Gasteiger partial charge is 0.481 e. The van der Waals surface area contributed by atoms with Crippen LogP contribution in [0.3, 0.4) is 0 Å². The smallest absolute Gasteiger partial charge is 0.407 e. The number of nitrogens with one attached hydrogen (secondary N) is 1. The van der Waals surface area contributed by atoms with Crippen molar-refractivity contribution in [1.82, 2.24) is 10.2 Å². The maximum Gasteiger partial charge on any atom is 0.407 e. The van der Waals surface area contributed by atoms with Crippen LogP contribution in [0.2, 0.25) is 0 Å². The van der Waals surface area contributed by atoms with E-state index in [4.69, 9.17) is 4.74 Å². The molecule has 34 heavy (non-hydrogen) atoms. The first-order chi connectivity index (χ1) is 16.4. The van der Waals surface area contributed by atoms with Gasteiger partial charge in [0.25, 0.3) is 0 Å². The van der Waals surface area contributed by atoms with Crippen molar-refractivity contribution in [2.45, 2.75) is 44.7 Å². The quantitative estimate of drug-likeness (QED) is 0.651. The summed E-state index contributed by atoms with van der Waals surface area (Å²) in [6.07, 6.45) is 0.799. The number of hydrogen-bond acceptors (Lipinski definition) is 4. The molecule has 3 fully saturated rings. The van der Waals surface area contributed by atoms with E-state index in [0.717, 1.165) is 28.7 Å². The molecule has 2 aromatic carbocycles. The maximum absolute atomic E-state index is 13.3. The number of alkyl carbamates (subject to hydrolysis) is 1. The third kappa shape index (κ3) is 3.63. The van der Waals surface area contributed by atoms with Crippen molar-refractivity contribution in [3.05, 3.63) is 59.7 Å². The molecule has 2 saturated heterocycles. The highest BCUT2D eigenvalue weighted by Crippen LogP contribution is 2.47. The first-order valence-corrected chi connectivity index (χ1v) is 12.1. The molecule has 2 amide bonds. The summed E-state index contributed by atoms with van der Waals surface area (Å²) in [6.45, 7) is 4.51. The molecular formula is C27H30N2O5. The minimum absolute atomic E-state index is 0.0125. The van der Waals surface area contributed by atoms with E-state index in [1.807, 2.05) is 38.1 Å². The lowest BCUT2D eigenvalue weighted by Crippen LogP contribution is -2.54. The van der Waals surface area contributed by atoms with Crippen molar-refractivity contribution in [2.75, 3.05) is 13.2 Å². The molecule has 0 radical (unpaired) electrons. The van der Waals surface area contributed by atoms with Gasteiger partial charge in [-0.1, -0.05) is 68.8 Å². The molecule has 2 aliphatic carbocycles. The van der Waals surface area contributed by atoms with Gasteiger partial charge in [-0.3, -0.25) is 9.59 Å². The predicted molar refractivity (Wildman–Crippen MR) is 126 cm³/mol. The lowest BCUT2D eigenvalue weighted by molar-refractivity contribution is -0.148. The zero-order valence-corrected chi connectivity index (χ0v) is 19.4. The Kier molecular flexibility index (Phi) is 5.80. The summed E-state index contributed by atoms with van der Waals surface area (Å²) in [7, 11) is 0. The van der Waals surface area contributed by atoms with E-state index in [1.54, 1.807) is 4.90 Å². The Morgan fingerprint density at radius 1 is 1.09 bits per heavy atom. The molecule has 1 saturated carbocycles. The highest BCUT2D eigenvalue weighted by molar-refractivity contribution is 5.88. The van der Waals surface area contributed by atoms with Crippen LogP contribution >= 0.6 is 0 Å². The number of carbonyl (C=O) groups excluding carboxylic acids is 2. The zero-order chi connectivity index (χ0) is 24.0. The Morgan fingerprint density at radius 2 is 1.71 bits per heavy atom. The van der Waals surface area contributed by atoms with E-state index < -0.39 is 24.0 Å². The third-order valence-electron chi connectivity index (χ3n) is 7.96. The van der Waals surface area contributed by atoms with Crippen LogP contribution in [0.25, 0.3) is 11.1 Å². The molecule has 4 aliphatic rings. The predicted octanol–water partition coefficient (Wildman–Crippen LogP) is 3.87. The molecule has 2 bridgehead atoms. The Hall–Kier alpha value is -3.35. The van der Waals surface area contributed by atoms with E-state index in [1.165, 1.54) is 0 Å². The summed E-state index contributed by atoms with van der Waals surface area (Å²) in [5.41, 5.74) is 4.56. The number of benzene rings is 2. The van der Waals surface area contributed by atoms with Crippen molar-refractivity contribution in [2.24, 2.45) is 17.8 Å². The monoisotopic (exact) mass is 462 g/mol. The highest BCUT2D eigenvalue weighted by atomic mass is 16.5. The molecule has 0 aromatic heterocycles. The number of carbonyl (C=O) groups is 3. The van der Waals surface area contributed by atoms with Gasteiger partial charge in [-0.15, -0.1) is 0 Å². The van der Waals surface area contributed by atoms with Crippen LogP contribution < -0.4 is 5.32 Å². The molecule has 2 heterocycles. The summed E-state index contributed by atoms with van der Waals surface area (Å²) < 4.78 is 5.66. The van der Waals surface area contributed by atoms with Gasteiger partial charge in [-0.2, -0.15) is 0 Å². The van der Waals surface area contributed by atoms with Crippen LogP contribution in [-0.2, 0) is 14.3 Å². The van der Waals surface area contributed by atoms with Crippen LogP contribution in [0, 0.1) is 17.8 Å². The van der Waals surface area contributed by atoms with Crippen LogP contribution in [-0.4, -0.2) is 53.2 Å². The van der Waals surface area contributed by atoms with Crippen LogP contribution in [0.15, 0.2) is 48.5 Å². The van der Waals surface area contributed by atoms with Gasteiger partial charge in [0.15, 0.2) is 0 Å². The van der Waals surface area contributed by atoms with Crippen LogP contribution in [0.4, 0.5) is 4.79 Å². The molecule has 6 rings (SSSR count). The van der Waals surface area contributed by atoms with Gasteiger partial charge in [0.2, 0.25) is 5.91 Å². The number of ether oxygens (including phenoxy) is 1. The van der Waals surface area contributed by atoms with Gasteiger partial charge < -0.3 is 20.1 Å². The van der Waals surface area contributed by atoms with Gasteiger partial charge in [0.05, 0.1) is 5.92 Å². The third-order valence-corrected chi connectivity index (χ3v) is 7.96. The first-order valence-electron chi connectivity index (χ1n) is 12.1. The Bertz CT molecular complexity index is 1090. The number of carboxylic acid groups (broad SMARTS) is 1. The molecule has 0 spiro atoms. The molecule has 5 unspecified atom stereocenters. The lowest BCUT2D eigenvalue weighted by Gasteiger charge is -2.35. The van der Waals surface area contributed by atoms with E-state index >= 15 is 0 Å². The first kappa shape index (κ1) is 22.4. The molecule has 5 atom stereocenters. The molecule has 2 aromatic rings. The van der Waals surface area contributed by atoms with Crippen molar-refractivity contribution in [3.63, 3.8) is 0 Å². The average Bonchev–Trinajstić information content (AvgIpc) is 3.51. The number of rotatable bonds is 7. The maximum atomic E-state index is 13.3. The van der Waals surface area contributed by atoms with Crippen molar-refractivity contribution in [1.29, 1.82) is 0 Å². The number of nitrogens with zero attached hydrogens (tertiary/aromatic N) is 1. The molecule has 7 nitrogen and oxygen atoms in total. The highest BCUT2D eigenvalue weighted by Gasteiger charge is 2.58. The summed E-state index contributed by atoms with van der Waals surface area (Å²) in [5.74, 6) is -1.69. The average molecular weight is 463 g/mol. The van der Waals surface area contributed by atoms with Gasteiger partial charge in [0.1, 0.15) is 12.6 Å². The molecule has 2 aliphatic heterocycles. The summed E-state index contributed by atoms with van der Waals surface area (Å²) >= 11 is 0. The van der Waals surface area contributed by atoms with E-state index in [0.29, 0.717) is 13.0 Å². The fourth-order valence-electron chi connectivity index (χ4n) is 5.87. The van der Waals surface area contributed by atoms with Crippen molar-refractivity contribution in [3.8, 4) is 11.1 Å². The number of hydrogen-bond donors (Lipinski definition) is 2. The lowest BCUT2D eigenvalue weighted by atomic mass is 9.74. The second-order valence-electron chi connectivity index (χ2n) is 9.75. The van der Waals surface area contributed by atoms with Crippen molar-refractivity contribution >= 4 is 18.0 Å². The number of fused-ring (bicyclic) bond motifs is 4. The van der Waals surface area contributed by atoms with Gasteiger partial charge in [0, 0.05) is 18.5 Å². The molecule has 7 heteroatoms. The van der Waals surface area contributed by atoms with E-state index in [-0.39, 0.29) is 36.3 Å². The number of amides is 2. The van der Waals surface area contributed by atoms with Gasteiger partial charge in [-0.05, 0) is 40.5 Å². The normalized spacial score (nSPS) is 23.9. The summed E-state index contributed by atoms with van der Waals surface area (Å²) in [5, 5.41) is 12.2. The van der Waals surface area contributed by atoms with Crippen molar-refractivity contribution < 1.29 is 24.2 Å². The van der Waals surface area contributed by atoms with E-state index in [9.17, 15) is 19.5 Å². The van der Waals surface area contributed by atoms with Crippen LogP contribution in [0.1, 0.15) is 43.7 Å². The second-order valence-corrected chi connectivity index (χ2v) is 9.75. The number of carboxylic acids is 1. The van der Waals surface area contributed by atoms with Gasteiger partial charge >= 0.3 is 12.1 Å². The summed E-state index contributed by atoms with van der Waals surface area (Å²) in [4.78, 5) is 39.3. The van der Waals surface area contributed by atoms with Crippen LogP contribution in [0.5, 0.6) is 0 Å². The molecule has 178 valence electrons. The fraction of sp³-hybridized carbons (Fsp3) is 0.444. The Morgan fingerprint density at radius 3 is 2.26 bits per heavy atom. The topological polar surface area (TPSA) is 95.9 Å². The number of aliphatic carboxylic acids is 1. The van der Waals surface area contributed by atoms with E-state index in [2.05, 4.69) is 29.6 Å². The second kappa shape index (κ2) is 8.78. The summed E-state index contributed by atoms with van der Waals surface area (Å²) in [6, 6.07) is 15.3. The van der Waals surface area contributed by atoms with Gasteiger partial charge in [-0.25, -0.2) is 4.79 Å². The Balaban J connectivity index is 1.26. The standard InChI is InChI=1S/C27H30N2O5/c1-3-15(2)24(25(30)29-13-16-12-22(29)23(16)26(31)32)28-27(33)34-14-21-19-10-6-4-8-17(19)18-9-5-7-11-20(18)21/h4-11,15-16,21-24H,3,12-14H2,1-2H3,(H,28,33)(H,31,32). The Labute approximate surface area is 199 Å².